The van der Waals surface area contributed by atoms with Gasteiger partial charge in [-0.05, 0) is 55.2 Å². The third-order valence-corrected chi connectivity index (χ3v) is 7.64. The summed E-state index contributed by atoms with van der Waals surface area (Å²) in [6.45, 7) is 0.286. The van der Waals surface area contributed by atoms with Gasteiger partial charge in [-0.25, -0.2) is 4.39 Å². The Morgan fingerprint density at radius 1 is 1.17 bits per heavy atom. The van der Waals surface area contributed by atoms with E-state index in [9.17, 15) is 18.8 Å². The van der Waals surface area contributed by atoms with Crippen LogP contribution in [0.25, 0.3) is 0 Å². The maximum Gasteiger partial charge on any atom is 0.255 e. The number of hydrogen-bond donors (Lipinski definition) is 0. The molecule has 2 heterocycles. The normalized spacial score (nSPS) is 22.5. The lowest BCUT2D eigenvalue weighted by molar-refractivity contribution is -0.152. The first-order valence-corrected chi connectivity index (χ1v) is 12.1. The van der Waals surface area contributed by atoms with Crippen LogP contribution < -0.4 is 4.90 Å². The highest BCUT2D eigenvalue weighted by atomic mass is 35.5. The predicted molar refractivity (Wildman–Crippen MR) is 127 cm³/mol. The van der Waals surface area contributed by atoms with Gasteiger partial charge in [0.25, 0.3) is 5.91 Å². The van der Waals surface area contributed by atoms with Gasteiger partial charge in [0, 0.05) is 24.0 Å². The predicted octanol–water partition coefficient (Wildman–Crippen LogP) is 3.50. The summed E-state index contributed by atoms with van der Waals surface area (Å²) in [5, 5.41) is 9.62. The number of benzene rings is 2. The molecule has 7 nitrogen and oxygen atoms in total. The zero-order valence-electron chi connectivity index (χ0n) is 19.0. The van der Waals surface area contributed by atoms with E-state index in [-0.39, 0.29) is 55.0 Å². The molecule has 1 saturated carbocycles. The van der Waals surface area contributed by atoms with Crippen molar-refractivity contribution < 1.29 is 18.8 Å². The van der Waals surface area contributed by atoms with Crippen molar-refractivity contribution in [3.05, 3.63) is 64.4 Å². The van der Waals surface area contributed by atoms with E-state index in [1.165, 1.54) is 12.1 Å². The Balaban J connectivity index is 1.51. The van der Waals surface area contributed by atoms with E-state index in [2.05, 4.69) is 0 Å². The van der Waals surface area contributed by atoms with Gasteiger partial charge >= 0.3 is 0 Å². The number of nitriles is 1. The summed E-state index contributed by atoms with van der Waals surface area (Å²) < 4.78 is 14.9. The Bertz CT molecular complexity index is 1240. The van der Waals surface area contributed by atoms with Crippen molar-refractivity contribution in [1.29, 1.82) is 5.26 Å². The molecule has 5 rings (SSSR count). The summed E-state index contributed by atoms with van der Waals surface area (Å²) >= 11 is 6.01. The molecule has 0 radical (unpaired) electrons. The highest BCUT2D eigenvalue weighted by molar-refractivity contribution is 6.30. The van der Waals surface area contributed by atoms with Crippen LogP contribution in [-0.4, -0.2) is 52.7 Å². The lowest BCUT2D eigenvalue weighted by Crippen LogP contribution is -2.69. The number of halogens is 2. The van der Waals surface area contributed by atoms with Crippen molar-refractivity contribution in [2.75, 3.05) is 24.5 Å². The van der Waals surface area contributed by atoms with Crippen LogP contribution in [0.15, 0.2) is 42.5 Å². The van der Waals surface area contributed by atoms with Gasteiger partial charge in [-0.3, -0.25) is 19.3 Å². The number of hydrogen-bond acceptors (Lipinski definition) is 4. The second-order valence-corrected chi connectivity index (χ2v) is 9.88. The second kappa shape index (κ2) is 8.97. The summed E-state index contributed by atoms with van der Waals surface area (Å²) in [7, 11) is 0. The summed E-state index contributed by atoms with van der Waals surface area (Å²) in [5.74, 6) is -1.51. The van der Waals surface area contributed by atoms with Crippen LogP contribution in [0.2, 0.25) is 5.02 Å². The number of rotatable bonds is 4. The van der Waals surface area contributed by atoms with Gasteiger partial charge in [0.1, 0.15) is 17.9 Å². The van der Waals surface area contributed by atoms with Crippen molar-refractivity contribution in [2.24, 2.45) is 5.92 Å². The molecule has 1 atom stereocenters. The van der Waals surface area contributed by atoms with E-state index in [0.29, 0.717) is 11.6 Å². The van der Waals surface area contributed by atoms with Crippen LogP contribution in [0.3, 0.4) is 0 Å². The number of anilines is 1. The highest BCUT2D eigenvalue weighted by Crippen LogP contribution is 2.39. The van der Waals surface area contributed by atoms with Gasteiger partial charge in [-0.1, -0.05) is 30.2 Å². The van der Waals surface area contributed by atoms with Gasteiger partial charge in [-0.2, -0.15) is 5.26 Å². The molecule has 2 aromatic rings. The van der Waals surface area contributed by atoms with Crippen molar-refractivity contribution in [3.8, 4) is 6.07 Å². The Kier molecular flexibility index (Phi) is 5.97. The fourth-order valence-corrected chi connectivity index (χ4v) is 5.32. The number of carbonyl (C=O) groups excluding carboxylic acids is 3. The molecule has 9 heteroatoms. The van der Waals surface area contributed by atoms with Gasteiger partial charge in [0.15, 0.2) is 0 Å². The summed E-state index contributed by atoms with van der Waals surface area (Å²) in [4.78, 5) is 44.9. The minimum absolute atomic E-state index is 0.0153. The molecule has 3 amide bonds. The fourth-order valence-electron chi connectivity index (χ4n) is 5.19. The minimum Gasteiger partial charge on any atom is -0.339 e. The molecule has 2 aliphatic heterocycles. The average Bonchev–Trinajstić information content (AvgIpc) is 3.26. The molecule has 2 saturated heterocycles. The molecule has 0 N–H and O–H groups in total. The Morgan fingerprint density at radius 3 is 2.54 bits per heavy atom. The topological polar surface area (TPSA) is 84.7 Å². The third kappa shape index (κ3) is 4.04. The molecule has 3 fully saturated rings. The summed E-state index contributed by atoms with van der Waals surface area (Å²) in [6, 6.07) is 12.7. The number of carbonyl (C=O) groups is 3. The molecule has 180 valence electrons. The minimum atomic E-state index is -1.30. The van der Waals surface area contributed by atoms with E-state index in [0.717, 1.165) is 35.8 Å². The van der Waals surface area contributed by atoms with E-state index in [1.54, 1.807) is 34.1 Å². The van der Waals surface area contributed by atoms with Crippen molar-refractivity contribution in [1.82, 2.24) is 9.80 Å². The summed E-state index contributed by atoms with van der Waals surface area (Å²) in [5.41, 5.74) is -0.415. The van der Waals surface area contributed by atoms with Crippen LogP contribution in [0.5, 0.6) is 0 Å². The molecular weight excluding hydrogens is 471 g/mol. The Hall–Kier alpha value is -3.44. The standard InChI is InChI=1S/C26H24ClFN4O3/c27-20-7-4-17(5-8-20)14-32-23(33)15-31(22-9-6-18(13-29)12-21(22)28)25(35)26(32)10-11-30(16-26)24(34)19-2-1-3-19/h4-9,12,19H,1-3,10-11,14-16H2/t26-/m0/s1. The first kappa shape index (κ1) is 23.3. The smallest absolute Gasteiger partial charge is 0.255 e. The molecule has 0 unspecified atom stereocenters. The molecule has 0 bridgehead atoms. The third-order valence-electron chi connectivity index (χ3n) is 7.39. The van der Waals surface area contributed by atoms with Crippen LogP contribution in [0.1, 0.15) is 36.8 Å². The largest absolute Gasteiger partial charge is 0.339 e. The quantitative estimate of drug-likeness (QED) is 0.651. The highest BCUT2D eigenvalue weighted by Gasteiger charge is 2.57. The monoisotopic (exact) mass is 494 g/mol. The van der Waals surface area contributed by atoms with Gasteiger partial charge < -0.3 is 9.80 Å². The maximum atomic E-state index is 14.9. The molecule has 2 aromatic carbocycles. The van der Waals surface area contributed by atoms with E-state index in [1.807, 2.05) is 6.07 Å². The Morgan fingerprint density at radius 2 is 1.91 bits per heavy atom. The molecule has 3 aliphatic rings. The molecule has 0 aromatic heterocycles. The Labute approximate surface area is 207 Å². The van der Waals surface area contributed by atoms with Crippen molar-refractivity contribution in [3.63, 3.8) is 0 Å². The van der Waals surface area contributed by atoms with E-state index < -0.39 is 17.3 Å². The van der Waals surface area contributed by atoms with Crippen LogP contribution in [-0.2, 0) is 20.9 Å². The molecule has 35 heavy (non-hydrogen) atoms. The second-order valence-electron chi connectivity index (χ2n) is 9.44. The number of likely N-dealkylation sites (tertiary alicyclic amines) is 1. The molecule has 1 spiro atoms. The first-order chi connectivity index (χ1) is 16.8. The maximum absolute atomic E-state index is 14.9. The fraction of sp³-hybridized carbons (Fsp3) is 0.385. The average molecular weight is 495 g/mol. The number of amides is 3. The van der Waals surface area contributed by atoms with Crippen LogP contribution >= 0.6 is 11.6 Å². The molecule has 1 aliphatic carbocycles. The van der Waals surface area contributed by atoms with Gasteiger partial charge in [0.2, 0.25) is 11.8 Å². The number of nitrogens with zero attached hydrogens (tertiary/aromatic N) is 4. The SMILES string of the molecule is N#Cc1ccc(N2CC(=O)N(Cc3ccc(Cl)cc3)[C@]3(CCN(C(=O)C4CCC4)C3)C2=O)c(F)c1. The van der Waals surface area contributed by atoms with Gasteiger partial charge in [-0.15, -0.1) is 0 Å². The van der Waals surface area contributed by atoms with Crippen LogP contribution in [0, 0.1) is 23.1 Å². The number of piperazine rings is 1. The zero-order chi connectivity index (χ0) is 24.7. The molecular formula is C26H24ClFN4O3. The first-order valence-electron chi connectivity index (χ1n) is 11.7. The lowest BCUT2D eigenvalue weighted by atomic mass is 9.84. The van der Waals surface area contributed by atoms with Crippen molar-refractivity contribution in [2.45, 2.75) is 37.8 Å². The van der Waals surface area contributed by atoms with Crippen LogP contribution in [0.4, 0.5) is 10.1 Å². The van der Waals surface area contributed by atoms with E-state index >= 15 is 0 Å². The van der Waals surface area contributed by atoms with Gasteiger partial charge in [0.05, 0.1) is 23.9 Å². The van der Waals surface area contributed by atoms with Crippen molar-refractivity contribution >= 4 is 35.0 Å². The summed E-state index contributed by atoms with van der Waals surface area (Å²) in [6.07, 6.45) is 2.97. The van der Waals surface area contributed by atoms with E-state index in [4.69, 9.17) is 16.9 Å². The zero-order valence-corrected chi connectivity index (χ0v) is 19.8. The lowest BCUT2D eigenvalue weighted by Gasteiger charge is -2.47.